The largest absolute Gasteiger partial charge is 0.340 e. The van der Waals surface area contributed by atoms with Crippen LogP contribution in [0.4, 0.5) is 0 Å². The number of rotatable bonds is 5. The average Bonchev–Trinajstić information content (AvgIpc) is 2.29. The molecule has 1 aliphatic heterocycles. The number of hydrogen-bond acceptors (Lipinski definition) is 3. The Labute approximate surface area is 99.0 Å². The van der Waals surface area contributed by atoms with Crippen LogP contribution in [0.3, 0.4) is 0 Å². The van der Waals surface area contributed by atoms with Crippen molar-refractivity contribution in [3.63, 3.8) is 0 Å². The highest BCUT2D eigenvalue weighted by Crippen LogP contribution is 2.06. The molecule has 4 nitrogen and oxygen atoms in total. The van der Waals surface area contributed by atoms with E-state index in [1.165, 1.54) is 0 Å². The number of piperazine rings is 1. The van der Waals surface area contributed by atoms with Gasteiger partial charge in [-0.2, -0.15) is 0 Å². The second-order valence-corrected chi connectivity index (χ2v) is 4.61. The Morgan fingerprint density at radius 3 is 2.38 bits per heavy atom. The first kappa shape index (κ1) is 13.5. The lowest BCUT2D eigenvalue weighted by Crippen LogP contribution is -2.51. The normalized spacial score (nSPS) is 18.1. The van der Waals surface area contributed by atoms with Crippen LogP contribution in [0, 0.1) is 0 Å². The number of nitrogens with one attached hydrogen (secondary N) is 1. The summed E-state index contributed by atoms with van der Waals surface area (Å²) < 4.78 is 0. The Morgan fingerprint density at radius 1 is 1.25 bits per heavy atom. The van der Waals surface area contributed by atoms with Crippen molar-refractivity contribution in [1.82, 2.24) is 15.1 Å². The van der Waals surface area contributed by atoms with E-state index in [2.05, 4.69) is 31.0 Å². The summed E-state index contributed by atoms with van der Waals surface area (Å²) in [6, 6.07) is 0.596. The van der Waals surface area contributed by atoms with Crippen molar-refractivity contribution in [2.24, 2.45) is 0 Å². The van der Waals surface area contributed by atoms with Crippen molar-refractivity contribution < 1.29 is 4.79 Å². The molecule has 1 aliphatic rings. The van der Waals surface area contributed by atoms with Crippen LogP contribution in [0.1, 0.15) is 27.2 Å². The van der Waals surface area contributed by atoms with E-state index in [1.54, 1.807) is 0 Å². The summed E-state index contributed by atoms with van der Waals surface area (Å²) in [5.41, 5.74) is 0. The molecule has 4 heteroatoms. The smallest absolute Gasteiger partial charge is 0.223 e. The van der Waals surface area contributed by atoms with Gasteiger partial charge in [0, 0.05) is 45.2 Å². The predicted molar refractivity (Wildman–Crippen MR) is 66.4 cm³/mol. The summed E-state index contributed by atoms with van der Waals surface area (Å²) in [7, 11) is 0. The van der Waals surface area contributed by atoms with E-state index in [1.807, 2.05) is 4.90 Å². The van der Waals surface area contributed by atoms with E-state index in [9.17, 15) is 4.79 Å². The van der Waals surface area contributed by atoms with Crippen LogP contribution in [-0.2, 0) is 4.79 Å². The zero-order valence-electron chi connectivity index (χ0n) is 10.8. The molecule has 1 saturated heterocycles. The Kier molecular flexibility index (Phi) is 5.77. The maximum absolute atomic E-state index is 11.8. The molecule has 1 heterocycles. The third kappa shape index (κ3) is 4.10. The number of amides is 1. The molecule has 0 aromatic carbocycles. The van der Waals surface area contributed by atoms with Gasteiger partial charge in [-0.3, -0.25) is 9.69 Å². The molecule has 0 saturated carbocycles. The quantitative estimate of drug-likeness (QED) is 0.696. The van der Waals surface area contributed by atoms with Crippen molar-refractivity contribution in [2.45, 2.75) is 33.2 Å². The topological polar surface area (TPSA) is 35.6 Å². The minimum Gasteiger partial charge on any atom is -0.340 e. The number of carbonyl (C=O) groups excluding carboxylic acids is 1. The Balaban J connectivity index is 2.22. The Hall–Kier alpha value is -0.610. The zero-order chi connectivity index (χ0) is 12.0. The maximum Gasteiger partial charge on any atom is 0.223 e. The molecule has 0 aliphatic carbocycles. The van der Waals surface area contributed by atoms with Crippen LogP contribution in [0.15, 0.2) is 0 Å². The van der Waals surface area contributed by atoms with E-state index in [-0.39, 0.29) is 0 Å². The summed E-state index contributed by atoms with van der Waals surface area (Å²) in [6.45, 7) is 12.0. The first-order valence-corrected chi connectivity index (χ1v) is 6.37. The average molecular weight is 227 g/mol. The molecule has 16 heavy (non-hydrogen) atoms. The number of hydrogen-bond donors (Lipinski definition) is 1. The summed E-state index contributed by atoms with van der Waals surface area (Å²) >= 11 is 0. The third-order valence-electron chi connectivity index (χ3n) is 3.16. The van der Waals surface area contributed by atoms with E-state index in [0.29, 0.717) is 18.4 Å². The maximum atomic E-state index is 11.8. The minimum absolute atomic E-state index is 0.296. The van der Waals surface area contributed by atoms with Gasteiger partial charge < -0.3 is 10.2 Å². The molecular weight excluding hydrogens is 202 g/mol. The van der Waals surface area contributed by atoms with Crippen LogP contribution in [0.5, 0.6) is 0 Å². The Bertz CT molecular complexity index is 210. The van der Waals surface area contributed by atoms with Gasteiger partial charge in [-0.1, -0.05) is 6.92 Å². The third-order valence-corrected chi connectivity index (χ3v) is 3.16. The molecule has 0 unspecified atom stereocenters. The number of nitrogens with zero attached hydrogens (tertiary/aromatic N) is 2. The summed E-state index contributed by atoms with van der Waals surface area (Å²) in [5.74, 6) is 0.296. The first-order valence-electron chi connectivity index (χ1n) is 6.37. The molecular formula is C12H25N3O. The van der Waals surface area contributed by atoms with Gasteiger partial charge in [0.1, 0.15) is 0 Å². The second kappa shape index (κ2) is 6.86. The van der Waals surface area contributed by atoms with Gasteiger partial charge in [-0.25, -0.2) is 0 Å². The van der Waals surface area contributed by atoms with Crippen molar-refractivity contribution in [3.8, 4) is 0 Å². The van der Waals surface area contributed by atoms with Gasteiger partial charge in [0.25, 0.3) is 0 Å². The summed E-state index contributed by atoms with van der Waals surface area (Å²) in [5, 5.41) is 3.19. The molecule has 0 aromatic rings. The van der Waals surface area contributed by atoms with Crippen molar-refractivity contribution in [1.29, 1.82) is 0 Å². The van der Waals surface area contributed by atoms with Crippen molar-refractivity contribution >= 4 is 5.91 Å². The van der Waals surface area contributed by atoms with Gasteiger partial charge >= 0.3 is 0 Å². The predicted octanol–water partition coefficient (Wildman–Crippen LogP) is 0.539. The van der Waals surface area contributed by atoms with Crippen molar-refractivity contribution in [3.05, 3.63) is 0 Å². The van der Waals surface area contributed by atoms with Gasteiger partial charge in [-0.15, -0.1) is 0 Å². The highest BCUT2D eigenvalue weighted by molar-refractivity contribution is 5.76. The van der Waals surface area contributed by atoms with Crippen LogP contribution >= 0.6 is 0 Å². The van der Waals surface area contributed by atoms with Crippen LogP contribution in [0.2, 0.25) is 0 Å². The Morgan fingerprint density at radius 2 is 1.88 bits per heavy atom. The van der Waals surface area contributed by atoms with Crippen LogP contribution in [-0.4, -0.2) is 61.0 Å². The van der Waals surface area contributed by atoms with Gasteiger partial charge in [0.15, 0.2) is 0 Å². The molecule has 1 N–H and O–H groups in total. The zero-order valence-corrected chi connectivity index (χ0v) is 10.8. The van der Waals surface area contributed by atoms with Gasteiger partial charge in [0.05, 0.1) is 0 Å². The minimum atomic E-state index is 0.296. The lowest BCUT2D eigenvalue weighted by molar-refractivity contribution is -0.133. The first-order chi connectivity index (χ1) is 7.65. The highest BCUT2D eigenvalue weighted by Gasteiger charge is 2.21. The fraction of sp³-hybridized carbons (Fsp3) is 0.917. The van der Waals surface area contributed by atoms with Crippen LogP contribution < -0.4 is 5.32 Å². The lowest BCUT2D eigenvalue weighted by atomic mass is 10.2. The van der Waals surface area contributed by atoms with Gasteiger partial charge in [0.2, 0.25) is 5.91 Å². The highest BCUT2D eigenvalue weighted by atomic mass is 16.2. The van der Waals surface area contributed by atoms with E-state index >= 15 is 0 Å². The molecule has 0 radical (unpaired) electrons. The van der Waals surface area contributed by atoms with E-state index in [0.717, 1.165) is 39.3 Å². The number of carbonyl (C=O) groups is 1. The molecule has 1 fully saturated rings. The summed E-state index contributed by atoms with van der Waals surface area (Å²) in [6.07, 6.45) is 0.634. The fourth-order valence-electron chi connectivity index (χ4n) is 2.02. The standard InChI is InChI=1S/C12H25N3O/c1-4-13-6-5-12(16)15-9-7-14(8-10-15)11(2)3/h11,13H,4-10H2,1-3H3. The molecule has 94 valence electrons. The monoisotopic (exact) mass is 227 g/mol. The molecule has 0 spiro atoms. The fourth-order valence-corrected chi connectivity index (χ4v) is 2.02. The van der Waals surface area contributed by atoms with Crippen LogP contribution in [0.25, 0.3) is 0 Å². The molecule has 1 rings (SSSR count). The molecule has 0 bridgehead atoms. The lowest BCUT2D eigenvalue weighted by Gasteiger charge is -2.37. The molecule has 0 atom stereocenters. The van der Waals surface area contributed by atoms with Crippen molar-refractivity contribution in [2.75, 3.05) is 39.3 Å². The summed E-state index contributed by atoms with van der Waals surface area (Å²) in [4.78, 5) is 16.2. The SMILES string of the molecule is CCNCCC(=O)N1CCN(C(C)C)CC1. The van der Waals surface area contributed by atoms with E-state index in [4.69, 9.17) is 0 Å². The van der Waals surface area contributed by atoms with Gasteiger partial charge in [-0.05, 0) is 20.4 Å². The molecule has 1 amide bonds. The second-order valence-electron chi connectivity index (χ2n) is 4.61. The van der Waals surface area contributed by atoms with E-state index < -0.39 is 0 Å². The molecule has 0 aromatic heterocycles.